The Labute approximate surface area is 205 Å². The number of amides is 4. The first-order chi connectivity index (χ1) is 17.2. The number of hydrogen-bond donors (Lipinski definition) is 2. The second kappa shape index (κ2) is 10.0. The van der Waals surface area contributed by atoms with Gasteiger partial charge in [0.1, 0.15) is 29.3 Å². The number of benzene rings is 3. The van der Waals surface area contributed by atoms with E-state index >= 15 is 0 Å². The maximum atomic E-state index is 13.7. The lowest BCUT2D eigenvalue weighted by molar-refractivity contribution is -0.133. The molecule has 1 heterocycles. The lowest BCUT2D eigenvalue weighted by atomic mass is 9.92. The third kappa shape index (κ3) is 5.12. The maximum absolute atomic E-state index is 13.7. The first-order valence-electron chi connectivity index (χ1n) is 11.1. The fourth-order valence-corrected chi connectivity index (χ4v) is 3.70. The highest BCUT2D eigenvalue weighted by Gasteiger charge is 2.49. The molecular formula is C26H23F2N3O5. The van der Waals surface area contributed by atoms with E-state index in [1.807, 2.05) is 6.92 Å². The molecule has 36 heavy (non-hydrogen) atoms. The van der Waals surface area contributed by atoms with Gasteiger partial charge in [0.2, 0.25) is 5.91 Å². The summed E-state index contributed by atoms with van der Waals surface area (Å²) in [6.45, 7) is 3.27. The Morgan fingerprint density at radius 2 is 1.56 bits per heavy atom. The maximum Gasteiger partial charge on any atom is 0.325 e. The summed E-state index contributed by atoms with van der Waals surface area (Å²) in [6.07, 6.45) is 0. The summed E-state index contributed by atoms with van der Waals surface area (Å²) in [5.74, 6) is -1.72. The number of urea groups is 1. The fourth-order valence-electron chi connectivity index (χ4n) is 3.70. The molecule has 0 aromatic heterocycles. The number of hydrogen-bond acceptors (Lipinski definition) is 5. The van der Waals surface area contributed by atoms with Crippen molar-refractivity contribution in [2.75, 3.05) is 18.5 Å². The van der Waals surface area contributed by atoms with Crippen molar-refractivity contribution in [2.45, 2.75) is 19.4 Å². The summed E-state index contributed by atoms with van der Waals surface area (Å²) >= 11 is 0. The second-order valence-electron chi connectivity index (χ2n) is 8.15. The SMILES string of the molecule is CCOc1ccc(Oc2ccc(NC(=O)CN3C(=O)N[C@](C)(c4ccc(F)c(F)c4)C3=O)cc2)cc1. The summed E-state index contributed by atoms with van der Waals surface area (Å²) in [5.41, 5.74) is -1.15. The zero-order valence-corrected chi connectivity index (χ0v) is 19.5. The van der Waals surface area contributed by atoms with Gasteiger partial charge in [-0.15, -0.1) is 0 Å². The molecule has 1 aliphatic heterocycles. The zero-order chi connectivity index (χ0) is 25.9. The molecule has 0 spiro atoms. The monoisotopic (exact) mass is 495 g/mol. The van der Waals surface area contributed by atoms with Gasteiger partial charge in [-0.3, -0.25) is 14.5 Å². The van der Waals surface area contributed by atoms with Crippen LogP contribution in [0.2, 0.25) is 0 Å². The van der Waals surface area contributed by atoms with E-state index in [1.54, 1.807) is 48.5 Å². The third-order valence-electron chi connectivity index (χ3n) is 5.58. The van der Waals surface area contributed by atoms with Crippen molar-refractivity contribution in [3.05, 3.63) is 83.9 Å². The molecule has 4 rings (SSSR count). The number of carbonyl (C=O) groups excluding carboxylic acids is 3. The van der Waals surface area contributed by atoms with E-state index in [9.17, 15) is 23.2 Å². The number of imide groups is 1. The Bertz CT molecular complexity index is 1300. The Kier molecular flexibility index (Phi) is 6.86. The smallest absolute Gasteiger partial charge is 0.325 e. The predicted octanol–water partition coefficient (Wildman–Crippen LogP) is 4.56. The Morgan fingerprint density at radius 3 is 2.17 bits per heavy atom. The predicted molar refractivity (Wildman–Crippen MR) is 127 cm³/mol. The Morgan fingerprint density at radius 1 is 0.944 bits per heavy atom. The lowest BCUT2D eigenvalue weighted by Crippen LogP contribution is -2.42. The number of ether oxygens (including phenoxy) is 2. The summed E-state index contributed by atoms with van der Waals surface area (Å²) in [5, 5.41) is 5.06. The van der Waals surface area contributed by atoms with Crippen molar-refractivity contribution >= 4 is 23.5 Å². The number of halogens is 2. The molecule has 0 unspecified atom stereocenters. The first-order valence-corrected chi connectivity index (χ1v) is 11.1. The molecule has 10 heteroatoms. The van der Waals surface area contributed by atoms with E-state index in [2.05, 4.69) is 10.6 Å². The zero-order valence-electron chi connectivity index (χ0n) is 19.5. The molecule has 1 fully saturated rings. The van der Waals surface area contributed by atoms with Gasteiger partial charge in [-0.25, -0.2) is 13.6 Å². The van der Waals surface area contributed by atoms with E-state index in [-0.39, 0.29) is 5.56 Å². The summed E-state index contributed by atoms with van der Waals surface area (Å²) in [4.78, 5) is 38.6. The average molecular weight is 495 g/mol. The van der Waals surface area contributed by atoms with Crippen molar-refractivity contribution in [1.29, 1.82) is 0 Å². The standard InChI is InChI=1S/C26H23F2N3O5/c1-3-35-18-9-11-20(12-10-18)36-19-7-5-17(6-8-19)29-23(32)15-31-24(33)26(2,30-25(31)34)16-4-13-21(27)22(28)14-16/h4-14H,3,15H2,1-2H3,(H,29,32)(H,30,34)/t26-/m1/s1. The van der Waals surface area contributed by atoms with Gasteiger partial charge >= 0.3 is 6.03 Å². The van der Waals surface area contributed by atoms with Crippen molar-refractivity contribution in [2.24, 2.45) is 0 Å². The van der Waals surface area contributed by atoms with Crippen molar-refractivity contribution < 1.29 is 32.6 Å². The van der Waals surface area contributed by atoms with Crippen LogP contribution < -0.4 is 20.1 Å². The highest BCUT2D eigenvalue weighted by Crippen LogP contribution is 2.30. The molecule has 0 saturated carbocycles. The van der Waals surface area contributed by atoms with Crippen molar-refractivity contribution in [3.63, 3.8) is 0 Å². The van der Waals surface area contributed by atoms with Crippen LogP contribution in [-0.4, -0.2) is 35.9 Å². The highest BCUT2D eigenvalue weighted by molar-refractivity contribution is 6.10. The molecule has 8 nitrogen and oxygen atoms in total. The van der Waals surface area contributed by atoms with Gasteiger partial charge in [0.25, 0.3) is 5.91 Å². The Balaban J connectivity index is 1.36. The molecule has 186 valence electrons. The van der Waals surface area contributed by atoms with Gasteiger partial charge < -0.3 is 20.1 Å². The number of anilines is 1. The van der Waals surface area contributed by atoms with Gasteiger partial charge in [0.15, 0.2) is 11.6 Å². The van der Waals surface area contributed by atoms with Crippen molar-refractivity contribution in [3.8, 4) is 17.2 Å². The molecule has 3 aromatic rings. The van der Waals surface area contributed by atoms with Gasteiger partial charge in [-0.1, -0.05) is 6.07 Å². The van der Waals surface area contributed by atoms with Gasteiger partial charge in [0, 0.05) is 5.69 Å². The largest absolute Gasteiger partial charge is 0.494 e. The fraction of sp³-hybridized carbons (Fsp3) is 0.192. The summed E-state index contributed by atoms with van der Waals surface area (Å²) < 4.78 is 38.1. The molecule has 0 aliphatic carbocycles. The molecule has 1 atom stereocenters. The average Bonchev–Trinajstić information content (AvgIpc) is 3.07. The van der Waals surface area contributed by atoms with Gasteiger partial charge in [-0.2, -0.15) is 0 Å². The normalized spacial score (nSPS) is 17.1. The van der Waals surface area contributed by atoms with E-state index in [4.69, 9.17) is 9.47 Å². The minimum atomic E-state index is -1.63. The molecule has 3 aromatic carbocycles. The number of carbonyl (C=O) groups is 3. The van der Waals surface area contributed by atoms with Crippen LogP contribution >= 0.6 is 0 Å². The quantitative estimate of drug-likeness (QED) is 0.447. The van der Waals surface area contributed by atoms with Gasteiger partial charge in [-0.05, 0) is 80.1 Å². The molecule has 4 amide bonds. The van der Waals surface area contributed by atoms with Crippen LogP contribution in [-0.2, 0) is 15.1 Å². The lowest BCUT2D eigenvalue weighted by Gasteiger charge is -2.22. The minimum absolute atomic E-state index is 0.0609. The van der Waals surface area contributed by atoms with E-state index in [0.29, 0.717) is 23.8 Å². The topological polar surface area (TPSA) is 97.0 Å². The Hall–Kier alpha value is -4.47. The molecule has 2 N–H and O–H groups in total. The van der Waals surface area contributed by atoms with E-state index < -0.39 is 41.6 Å². The van der Waals surface area contributed by atoms with Crippen molar-refractivity contribution in [1.82, 2.24) is 10.2 Å². The number of rotatable bonds is 8. The summed E-state index contributed by atoms with van der Waals surface area (Å²) in [7, 11) is 0. The molecule has 0 radical (unpaired) electrons. The van der Waals surface area contributed by atoms with Crippen LogP contribution in [0, 0.1) is 11.6 Å². The molecule has 1 aliphatic rings. The molecule has 0 bridgehead atoms. The van der Waals surface area contributed by atoms with Crippen LogP contribution in [0.15, 0.2) is 66.7 Å². The first kappa shape index (κ1) is 24.6. The number of nitrogens with zero attached hydrogens (tertiary/aromatic N) is 1. The van der Waals surface area contributed by atoms with Crippen LogP contribution in [0.1, 0.15) is 19.4 Å². The van der Waals surface area contributed by atoms with E-state index in [1.165, 1.54) is 13.0 Å². The van der Waals surface area contributed by atoms with Crippen LogP contribution in [0.3, 0.4) is 0 Å². The highest BCUT2D eigenvalue weighted by atomic mass is 19.2. The van der Waals surface area contributed by atoms with Crippen LogP contribution in [0.5, 0.6) is 17.2 Å². The van der Waals surface area contributed by atoms with E-state index in [0.717, 1.165) is 22.8 Å². The number of nitrogens with one attached hydrogen (secondary N) is 2. The second-order valence-corrected chi connectivity index (χ2v) is 8.15. The van der Waals surface area contributed by atoms with Crippen LogP contribution in [0.4, 0.5) is 19.3 Å². The molecular weight excluding hydrogens is 472 g/mol. The summed E-state index contributed by atoms with van der Waals surface area (Å²) in [6, 6.07) is 15.7. The molecule has 1 saturated heterocycles. The van der Waals surface area contributed by atoms with Crippen LogP contribution in [0.25, 0.3) is 0 Å². The minimum Gasteiger partial charge on any atom is -0.494 e. The third-order valence-corrected chi connectivity index (χ3v) is 5.58. The van der Waals surface area contributed by atoms with Gasteiger partial charge in [0.05, 0.1) is 6.61 Å².